The van der Waals surface area contributed by atoms with Gasteiger partial charge in [0.05, 0.1) is 11.7 Å². The highest BCUT2D eigenvalue weighted by molar-refractivity contribution is 5.12. The highest BCUT2D eigenvalue weighted by Crippen LogP contribution is 2.27. The molecule has 0 radical (unpaired) electrons. The zero-order valence-electron chi connectivity index (χ0n) is 13.0. The fourth-order valence-electron chi connectivity index (χ4n) is 3.20. The fraction of sp³-hybridized carbons (Fsp3) is 0.688. The zero-order valence-corrected chi connectivity index (χ0v) is 13.0. The van der Waals surface area contributed by atoms with Gasteiger partial charge < -0.3 is 10.6 Å². The van der Waals surface area contributed by atoms with Crippen molar-refractivity contribution in [3.8, 4) is 0 Å². The van der Waals surface area contributed by atoms with Crippen molar-refractivity contribution in [1.82, 2.24) is 14.8 Å². The summed E-state index contributed by atoms with van der Waals surface area (Å²) in [6.45, 7) is 4.48. The molecule has 1 fully saturated rings. The van der Waals surface area contributed by atoms with Crippen LogP contribution in [0.15, 0.2) is 24.4 Å². The first-order valence-corrected chi connectivity index (χ1v) is 7.70. The predicted molar refractivity (Wildman–Crippen MR) is 83.5 cm³/mol. The van der Waals surface area contributed by atoms with Crippen LogP contribution in [0.1, 0.15) is 37.9 Å². The van der Waals surface area contributed by atoms with Gasteiger partial charge in [0.2, 0.25) is 0 Å². The Bertz CT molecular complexity index is 395. The molecule has 0 aliphatic carbocycles. The number of rotatable bonds is 5. The Balaban J connectivity index is 2.18. The molecule has 1 aromatic rings. The van der Waals surface area contributed by atoms with Gasteiger partial charge in [-0.1, -0.05) is 13.0 Å². The van der Waals surface area contributed by atoms with Gasteiger partial charge in [0, 0.05) is 24.8 Å². The minimum absolute atomic E-state index is 0.127. The van der Waals surface area contributed by atoms with E-state index in [9.17, 15) is 0 Å². The molecule has 1 aliphatic heterocycles. The van der Waals surface area contributed by atoms with Crippen molar-refractivity contribution in [2.24, 2.45) is 5.73 Å². The van der Waals surface area contributed by atoms with E-state index in [4.69, 9.17) is 5.73 Å². The quantitative estimate of drug-likeness (QED) is 0.892. The molecule has 4 nitrogen and oxygen atoms in total. The van der Waals surface area contributed by atoms with Crippen LogP contribution >= 0.6 is 0 Å². The summed E-state index contributed by atoms with van der Waals surface area (Å²) < 4.78 is 0. The molecule has 0 spiro atoms. The van der Waals surface area contributed by atoms with E-state index in [2.05, 4.69) is 47.9 Å². The highest BCUT2D eigenvalue weighted by atomic mass is 15.2. The van der Waals surface area contributed by atoms with E-state index in [1.165, 1.54) is 19.4 Å². The number of nitrogens with zero attached hydrogens (tertiary/aromatic N) is 3. The van der Waals surface area contributed by atoms with Crippen molar-refractivity contribution in [3.63, 3.8) is 0 Å². The van der Waals surface area contributed by atoms with Crippen molar-refractivity contribution in [1.29, 1.82) is 0 Å². The first-order chi connectivity index (χ1) is 9.63. The number of likely N-dealkylation sites (tertiary alicyclic amines) is 1. The second-order valence-corrected chi connectivity index (χ2v) is 6.00. The van der Waals surface area contributed by atoms with Gasteiger partial charge in [-0.2, -0.15) is 0 Å². The Morgan fingerprint density at radius 3 is 2.90 bits per heavy atom. The van der Waals surface area contributed by atoms with Gasteiger partial charge in [-0.25, -0.2) is 0 Å². The van der Waals surface area contributed by atoms with Crippen LogP contribution in [0.3, 0.4) is 0 Å². The third-order valence-corrected chi connectivity index (χ3v) is 4.48. The van der Waals surface area contributed by atoms with Gasteiger partial charge in [0.1, 0.15) is 0 Å². The standard InChI is InChI=1S/C16H28N4/c1-4-14(17)16(15-9-5-6-10-18-15)20(3)13-8-7-11-19(2)12-13/h5-6,9-10,13-14,16H,4,7-8,11-12,17H2,1-3H3. The molecule has 1 aliphatic rings. The maximum absolute atomic E-state index is 6.40. The first-order valence-electron chi connectivity index (χ1n) is 7.70. The fourth-order valence-corrected chi connectivity index (χ4v) is 3.20. The summed E-state index contributed by atoms with van der Waals surface area (Å²) in [7, 11) is 4.41. The van der Waals surface area contributed by atoms with Crippen LogP contribution in [0.25, 0.3) is 0 Å². The van der Waals surface area contributed by atoms with E-state index < -0.39 is 0 Å². The topological polar surface area (TPSA) is 45.4 Å². The number of hydrogen-bond donors (Lipinski definition) is 1. The summed E-state index contributed by atoms with van der Waals surface area (Å²) in [4.78, 5) is 9.41. The SMILES string of the molecule is CCC(N)C(c1ccccn1)N(C)C1CCCN(C)C1. The van der Waals surface area contributed by atoms with E-state index in [1.54, 1.807) is 0 Å². The summed E-state index contributed by atoms with van der Waals surface area (Å²) >= 11 is 0. The summed E-state index contributed by atoms with van der Waals surface area (Å²) in [5.74, 6) is 0. The Labute approximate surface area is 123 Å². The normalized spacial score (nSPS) is 23.8. The summed E-state index contributed by atoms with van der Waals surface area (Å²) in [6.07, 6.45) is 5.35. The molecule has 0 amide bonds. The molecule has 2 rings (SSSR count). The van der Waals surface area contributed by atoms with Gasteiger partial charge in [-0.3, -0.25) is 9.88 Å². The van der Waals surface area contributed by atoms with Crippen molar-refractivity contribution in [3.05, 3.63) is 30.1 Å². The van der Waals surface area contributed by atoms with Crippen molar-refractivity contribution >= 4 is 0 Å². The van der Waals surface area contributed by atoms with E-state index in [-0.39, 0.29) is 12.1 Å². The van der Waals surface area contributed by atoms with E-state index in [1.807, 2.05) is 12.3 Å². The Kier molecular flexibility index (Phi) is 5.52. The van der Waals surface area contributed by atoms with E-state index in [0.29, 0.717) is 6.04 Å². The Morgan fingerprint density at radius 2 is 2.30 bits per heavy atom. The summed E-state index contributed by atoms with van der Waals surface area (Å²) in [5, 5.41) is 0. The second kappa shape index (κ2) is 7.16. The first kappa shape index (κ1) is 15.4. The molecule has 0 aromatic carbocycles. The maximum atomic E-state index is 6.40. The summed E-state index contributed by atoms with van der Waals surface area (Å²) in [5.41, 5.74) is 7.49. The Hall–Kier alpha value is -0.970. The molecule has 0 saturated carbocycles. The molecule has 0 bridgehead atoms. The average Bonchev–Trinajstić information content (AvgIpc) is 2.48. The lowest BCUT2D eigenvalue weighted by molar-refractivity contribution is 0.0842. The predicted octanol–water partition coefficient (Wildman–Crippen LogP) is 1.89. The Morgan fingerprint density at radius 1 is 1.50 bits per heavy atom. The lowest BCUT2D eigenvalue weighted by atomic mass is 9.96. The van der Waals surface area contributed by atoms with Crippen LogP contribution in [0.2, 0.25) is 0 Å². The molecule has 112 valence electrons. The minimum atomic E-state index is 0.127. The van der Waals surface area contributed by atoms with Gasteiger partial charge in [0.15, 0.2) is 0 Å². The second-order valence-electron chi connectivity index (χ2n) is 6.00. The largest absolute Gasteiger partial charge is 0.326 e. The van der Waals surface area contributed by atoms with E-state index >= 15 is 0 Å². The molecule has 1 aromatic heterocycles. The van der Waals surface area contributed by atoms with Gasteiger partial charge >= 0.3 is 0 Å². The van der Waals surface area contributed by atoms with Crippen LogP contribution < -0.4 is 5.73 Å². The highest BCUT2D eigenvalue weighted by Gasteiger charge is 2.31. The smallest absolute Gasteiger partial charge is 0.0673 e. The number of hydrogen-bond acceptors (Lipinski definition) is 4. The van der Waals surface area contributed by atoms with Gasteiger partial charge in [-0.05, 0) is 52.0 Å². The molecule has 2 heterocycles. The average molecular weight is 276 g/mol. The summed E-state index contributed by atoms with van der Waals surface area (Å²) in [6, 6.07) is 7.02. The number of likely N-dealkylation sites (N-methyl/N-ethyl adjacent to an activating group) is 2. The van der Waals surface area contributed by atoms with Crippen molar-refractivity contribution in [2.45, 2.75) is 44.3 Å². The van der Waals surface area contributed by atoms with Gasteiger partial charge in [-0.15, -0.1) is 0 Å². The number of pyridine rings is 1. The molecule has 20 heavy (non-hydrogen) atoms. The molecule has 1 saturated heterocycles. The lowest BCUT2D eigenvalue weighted by Gasteiger charge is -2.41. The molecular formula is C16H28N4. The molecular weight excluding hydrogens is 248 g/mol. The van der Waals surface area contributed by atoms with Crippen molar-refractivity contribution in [2.75, 3.05) is 27.2 Å². The zero-order chi connectivity index (χ0) is 14.5. The third-order valence-electron chi connectivity index (χ3n) is 4.48. The van der Waals surface area contributed by atoms with Crippen molar-refractivity contribution < 1.29 is 0 Å². The monoisotopic (exact) mass is 276 g/mol. The van der Waals surface area contributed by atoms with E-state index in [0.717, 1.165) is 18.7 Å². The molecule has 3 atom stereocenters. The van der Waals surface area contributed by atoms with Crippen LogP contribution in [0.4, 0.5) is 0 Å². The number of nitrogens with two attached hydrogens (primary N) is 1. The molecule has 4 heteroatoms. The van der Waals surface area contributed by atoms with Crippen LogP contribution in [-0.2, 0) is 0 Å². The van der Waals surface area contributed by atoms with Crippen LogP contribution in [0, 0.1) is 0 Å². The number of piperidine rings is 1. The minimum Gasteiger partial charge on any atom is -0.326 e. The van der Waals surface area contributed by atoms with Gasteiger partial charge in [0.25, 0.3) is 0 Å². The molecule has 2 N–H and O–H groups in total. The number of aromatic nitrogens is 1. The van der Waals surface area contributed by atoms with Crippen LogP contribution in [-0.4, -0.2) is 54.1 Å². The maximum Gasteiger partial charge on any atom is 0.0673 e. The third kappa shape index (κ3) is 3.57. The lowest BCUT2D eigenvalue weighted by Crippen LogP contribution is -2.50. The molecule has 3 unspecified atom stereocenters. The van der Waals surface area contributed by atoms with Crippen LogP contribution in [0.5, 0.6) is 0 Å².